The van der Waals surface area contributed by atoms with Crippen molar-refractivity contribution in [1.82, 2.24) is 25.0 Å². The summed E-state index contributed by atoms with van der Waals surface area (Å²) < 4.78 is 15.3. The maximum atomic E-state index is 13.6. The summed E-state index contributed by atoms with van der Waals surface area (Å²) in [5, 5.41) is 9.10. The minimum Gasteiger partial charge on any atom is -0.344 e. The van der Waals surface area contributed by atoms with Crippen LogP contribution in [-0.2, 0) is 0 Å². The van der Waals surface area contributed by atoms with Crippen molar-refractivity contribution in [2.45, 2.75) is 0 Å². The fraction of sp³-hybridized carbons (Fsp3) is 0. The molecule has 2 heterocycles. The number of hydrogen-bond donors (Lipinski definition) is 1. The molecule has 5 aromatic rings. The van der Waals surface area contributed by atoms with Gasteiger partial charge in [-0.05, 0) is 42.5 Å². The van der Waals surface area contributed by atoms with E-state index >= 15 is 0 Å². The summed E-state index contributed by atoms with van der Waals surface area (Å²) in [6.45, 7) is 0. The van der Waals surface area contributed by atoms with Crippen LogP contribution >= 0.6 is 23.2 Å². The van der Waals surface area contributed by atoms with Crippen LogP contribution in [0, 0.1) is 5.82 Å². The van der Waals surface area contributed by atoms with Crippen molar-refractivity contribution in [2.75, 3.05) is 0 Å². The Balaban J connectivity index is 1.66. The SMILES string of the molecule is Fc1ccc(-c2nc[nH]c2-c2ccc3nnn(-c4ccccc4Cl)c3c2)cc1Cl. The minimum atomic E-state index is -0.469. The van der Waals surface area contributed by atoms with Crippen molar-refractivity contribution in [3.63, 3.8) is 0 Å². The predicted molar refractivity (Wildman–Crippen MR) is 112 cm³/mol. The molecule has 0 atom stereocenters. The summed E-state index contributed by atoms with van der Waals surface area (Å²) in [6.07, 6.45) is 1.59. The molecular weight excluding hydrogens is 412 g/mol. The fourth-order valence-corrected chi connectivity index (χ4v) is 3.65. The van der Waals surface area contributed by atoms with Crippen molar-refractivity contribution in [3.8, 4) is 28.2 Å². The molecule has 0 aliphatic carbocycles. The lowest BCUT2D eigenvalue weighted by molar-refractivity contribution is 0.628. The standard InChI is InChI=1S/C21H12Cl2FN5/c22-14-3-1-2-4-18(14)29-19-10-13(6-8-17(19)27-28-29)21-20(25-11-26-21)12-5-7-16(24)15(23)9-12/h1-11H,(H,25,26). The second-order valence-corrected chi connectivity index (χ2v) is 7.23. The third-order valence-corrected chi connectivity index (χ3v) is 5.26. The van der Waals surface area contributed by atoms with Gasteiger partial charge < -0.3 is 4.98 Å². The lowest BCUT2D eigenvalue weighted by Gasteiger charge is -2.07. The molecule has 0 saturated heterocycles. The van der Waals surface area contributed by atoms with Gasteiger partial charge in [-0.25, -0.2) is 14.1 Å². The van der Waals surface area contributed by atoms with E-state index in [2.05, 4.69) is 20.3 Å². The Morgan fingerprint density at radius 2 is 1.72 bits per heavy atom. The van der Waals surface area contributed by atoms with Gasteiger partial charge in [0.15, 0.2) is 0 Å². The highest BCUT2D eigenvalue weighted by atomic mass is 35.5. The fourth-order valence-electron chi connectivity index (χ4n) is 3.25. The van der Waals surface area contributed by atoms with Crippen LogP contribution in [0.5, 0.6) is 0 Å². The summed E-state index contributed by atoms with van der Waals surface area (Å²) in [5.74, 6) is -0.469. The smallest absolute Gasteiger partial charge is 0.141 e. The van der Waals surface area contributed by atoms with E-state index in [1.807, 2.05) is 36.4 Å². The minimum absolute atomic E-state index is 0.0490. The summed E-state index contributed by atoms with van der Waals surface area (Å²) in [6, 6.07) is 17.7. The summed E-state index contributed by atoms with van der Waals surface area (Å²) >= 11 is 12.3. The Morgan fingerprint density at radius 3 is 2.55 bits per heavy atom. The molecule has 0 aliphatic rings. The van der Waals surface area contributed by atoms with Crippen LogP contribution in [0.2, 0.25) is 10.0 Å². The van der Waals surface area contributed by atoms with Gasteiger partial charge in [-0.15, -0.1) is 5.10 Å². The zero-order valence-electron chi connectivity index (χ0n) is 14.8. The maximum Gasteiger partial charge on any atom is 0.141 e. The van der Waals surface area contributed by atoms with Gasteiger partial charge in [0.25, 0.3) is 0 Å². The number of aromatic amines is 1. The molecule has 0 radical (unpaired) electrons. The van der Waals surface area contributed by atoms with Crippen molar-refractivity contribution in [1.29, 1.82) is 0 Å². The highest BCUT2D eigenvalue weighted by Gasteiger charge is 2.15. The normalized spacial score (nSPS) is 11.3. The number of benzene rings is 3. The van der Waals surface area contributed by atoms with E-state index < -0.39 is 5.82 Å². The van der Waals surface area contributed by atoms with E-state index in [9.17, 15) is 4.39 Å². The molecule has 0 aliphatic heterocycles. The Bertz CT molecular complexity index is 1360. The molecule has 3 aromatic carbocycles. The molecule has 0 amide bonds. The van der Waals surface area contributed by atoms with Gasteiger partial charge in [0, 0.05) is 11.1 Å². The summed E-state index contributed by atoms with van der Waals surface area (Å²) in [4.78, 5) is 7.56. The van der Waals surface area contributed by atoms with Crippen LogP contribution in [0.25, 0.3) is 39.2 Å². The number of halogens is 3. The highest BCUT2D eigenvalue weighted by molar-refractivity contribution is 6.32. The van der Waals surface area contributed by atoms with Crippen molar-refractivity contribution >= 4 is 34.2 Å². The van der Waals surface area contributed by atoms with Crippen molar-refractivity contribution < 1.29 is 4.39 Å². The van der Waals surface area contributed by atoms with Gasteiger partial charge in [0.1, 0.15) is 11.3 Å². The number of rotatable bonds is 3. The Labute approximate surface area is 174 Å². The first kappa shape index (κ1) is 17.8. The maximum absolute atomic E-state index is 13.6. The monoisotopic (exact) mass is 423 g/mol. The van der Waals surface area contributed by atoms with E-state index in [1.165, 1.54) is 6.07 Å². The molecule has 0 spiro atoms. The lowest BCUT2D eigenvalue weighted by Crippen LogP contribution is -1.97. The van der Waals surface area contributed by atoms with Gasteiger partial charge >= 0.3 is 0 Å². The topological polar surface area (TPSA) is 59.4 Å². The largest absolute Gasteiger partial charge is 0.344 e. The van der Waals surface area contributed by atoms with E-state index in [0.717, 1.165) is 28.0 Å². The molecule has 1 N–H and O–H groups in total. The average molecular weight is 424 g/mol. The van der Waals surface area contributed by atoms with Crippen LogP contribution in [0.3, 0.4) is 0 Å². The van der Waals surface area contributed by atoms with Crippen LogP contribution in [0.4, 0.5) is 4.39 Å². The second-order valence-electron chi connectivity index (χ2n) is 6.41. The molecule has 8 heteroatoms. The number of aromatic nitrogens is 5. The first-order valence-electron chi connectivity index (χ1n) is 8.71. The Hall–Kier alpha value is -3.22. The zero-order valence-corrected chi connectivity index (χ0v) is 16.3. The average Bonchev–Trinajstić information content (AvgIpc) is 3.37. The molecular formula is C21H12Cl2FN5. The van der Waals surface area contributed by atoms with E-state index in [1.54, 1.807) is 29.2 Å². The van der Waals surface area contributed by atoms with E-state index in [0.29, 0.717) is 16.3 Å². The number of imidazole rings is 1. The molecule has 0 bridgehead atoms. The highest BCUT2D eigenvalue weighted by Crippen LogP contribution is 2.33. The van der Waals surface area contributed by atoms with Gasteiger partial charge in [0.05, 0.1) is 39.0 Å². The molecule has 0 fully saturated rings. The molecule has 5 rings (SSSR count). The summed E-state index contributed by atoms with van der Waals surface area (Å²) in [7, 11) is 0. The van der Waals surface area contributed by atoms with Crippen LogP contribution in [0.1, 0.15) is 0 Å². The molecule has 0 unspecified atom stereocenters. The van der Waals surface area contributed by atoms with Crippen LogP contribution < -0.4 is 0 Å². The number of H-pyrrole nitrogens is 1. The summed E-state index contributed by atoms with van der Waals surface area (Å²) in [5.41, 5.74) is 5.31. The van der Waals surface area contributed by atoms with Gasteiger partial charge in [-0.2, -0.15) is 0 Å². The first-order valence-corrected chi connectivity index (χ1v) is 9.47. The van der Waals surface area contributed by atoms with Crippen molar-refractivity contribution in [3.05, 3.63) is 82.9 Å². The quantitative estimate of drug-likeness (QED) is 0.391. The molecule has 2 aromatic heterocycles. The van der Waals surface area contributed by atoms with E-state index in [4.69, 9.17) is 23.2 Å². The van der Waals surface area contributed by atoms with Gasteiger partial charge in [0.2, 0.25) is 0 Å². The lowest BCUT2D eigenvalue weighted by atomic mass is 10.0. The number of para-hydroxylation sites is 1. The predicted octanol–water partition coefficient (Wildman–Crippen LogP) is 5.92. The van der Waals surface area contributed by atoms with E-state index in [-0.39, 0.29) is 5.02 Å². The third kappa shape index (κ3) is 3.06. The second kappa shape index (κ2) is 6.99. The first-order chi connectivity index (χ1) is 14.1. The number of nitrogens with one attached hydrogen (secondary N) is 1. The Morgan fingerprint density at radius 1 is 0.897 bits per heavy atom. The molecule has 5 nitrogen and oxygen atoms in total. The number of nitrogens with zero attached hydrogens (tertiary/aromatic N) is 4. The van der Waals surface area contributed by atoms with Crippen molar-refractivity contribution in [2.24, 2.45) is 0 Å². The third-order valence-electron chi connectivity index (χ3n) is 4.65. The molecule has 142 valence electrons. The molecule has 0 saturated carbocycles. The number of hydrogen-bond acceptors (Lipinski definition) is 3. The Kier molecular flexibility index (Phi) is 4.30. The zero-order chi connectivity index (χ0) is 20.0. The van der Waals surface area contributed by atoms with Crippen LogP contribution in [0.15, 0.2) is 67.0 Å². The van der Waals surface area contributed by atoms with Gasteiger partial charge in [-0.3, -0.25) is 0 Å². The molecule has 29 heavy (non-hydrogen) atoms. The van der Waals surface area contributed by atoms with Gasteiger partial charge in [-0.1, -0.05) is 46.6 Å². The number of fused-ring (bicyclic) bond motifs is 1. The van der Waals surface area contributed by atoms with Crippen LogP contribution in [-0.4, -0.2) is 25.0 Å².